The summed E-state index contributed by atoms with van der Waals surface area (Å²) in [6, 6.07) is 18.7. The van der Waals surface area contributed by atoms with Gasteiger partial charge in [-0.15, -0.1) is 0 Å². The van der Waals surface area contributed by atoms with E-state index in [1.54, 1.807) is 23.0 Å². The summed E-state index contributed by atoms with van der Waals surface area (Å²) in [4.78, 5) is 12.6. The molecule has 2 aromatic carbocycles. The molecule has 0 bridgehead atoms. The van der Waals surface area contributed by atoms with Crippen molar-refractivity contribution in [3.8, 4) is 0 Å². The molecular weight excluding hydrogens is 374 g/mol. The lowest BCUT2D eigenvalue weighted by atomic mass is 10.1. The molecule has 0 unspecified atom stereocenters. The van der Waals surface area contributed by atoms with Crippen molar-refractivity contribution in [1.82, 2.24) is 19.6 Å². The minimum absolute atomic E-state index is 0.199. The normalized spacial score (nSPS) is 10.8. The first-order valence-electron chi connectivity index (χ1n) is 8.81. The van der Waals surface area contributed by atoms with Crippen LogP contribution < -0.4 is 5.32 Å². The molecule has 28 heavy (non-hydrogen) atoms. The Morgan fingerprint density at radius 2 is 1.71 bits per heavy atom. The van der Waals surface area contributed by atoms with Gasteiger partial charge in [0.05, 0.1) is 13.1 Å². The highest BCUT2D eigenvalue weighted by Crippen LogP contribution is 2.14. The van der Waals surface area contributed by atoms with Gasteiger partial charge in [0, 0.05) is 35.2 Å². The summed E-state index contributed by atoms with van der Waals surface area (Å²) < 4.78 is 3.57. The standard InChI is InChI=1S/C21H18ClN5O/c22-19-7-2-5-17(13-19)15-27-11-8-20(25-27)24-21(28)18-6-1-4-16(12-18)14-26-10-3-9-23-26/h1-13H,14-15H2,(H,24,25,28). The summed E-state index contributed by atoms with van der Waals surface area (Å²) in [5.41, 5.74) is 2.62. The zero-order valence-corrected chi connectivity index (χ0v) is 15.8. The van der Waals surface area contributed by atoms with Crippen molar-refractivity contribution in [1.29, 1.82) is 0 Å². The highest BCUT2D eigenvalue weighted by Gasteiger charge is 2.09. The summed E-state index contributed by atoms with van der Waals surface area (Å²) >= 11 is 6.02. The molecule has 140 valence electrons. The van der Waals surface area contributed by atoms with E-state index in [2.05, 4.69) is 15.5 Å². The summed E-state index contributed by atoms with van der Waals surface area (Å²) in [5.74, 6) is 0.305. The Morgan fingerprint density at radius 1 is 0.929 bits per heavy atom. The zero-order chi connectivity index (χ0) is 19.3. The Hall–Kier alpha value is -3.38. The van der Waals surface area contributed by atoms with Gasteiger partial charge in [0.25, 0.3) is 5.91 Å². The van der Waals surface area contributed by atoms with Crippen LogP contribution >= 0.6 is 11.6 Å². The van der Waals surface area contributed by atoms with Gasteiger partial charge in [-0.25, -0.2) is 0 Å². The van der Waals surface area contributed by atoms with E-state index >= 15 is 0 Å². The maximum Gasteiger partial charge on any atom is 0.256 e. The number of benzene rings is 2. The number of rotatable bonds is 6. The molecule has 4 aromatic rings. The number of amides is 1. The van der Waals surface area contributed by atoms with Crippen molar-refractivity contribution in [3.63, 3.8) is 0 Å². The van der Waals surface area contributed by atoms with Gasteiger partial charge in [-0.2, -0.15) is 10.2 Å². The van der Waals surface area contributed by atoms with Gasteiger partial charge in [0.2, 0.25) is 0 Å². The van der Waals surface area contributed by atoms with Crippen LogP contribution in [0.3, 0.4) is 0 Å². The molecule has 0 aliphatic rings. The van der Waals surface area contributed by atoms with Crippen molar-refractivity contribution in [2.75, 3.05) is 5.32 Å². The van der Waals surface area contributed by atoms with Gasteiger partial charge < -0.3 is 5.32 Å². The van der Waals surface area contributed by atoms with E-state index in [-0.39, 0.29) is 5.91 Å². The van der Waals surface area contributed by atoms with Crippen LogP contribution in [0.15, 0.2) is 79.3 Å². The van der Waals surface area contributed by atoms with Crippen LogP contribution in [0.5, 0.6) is 0 Å². The second-order valence-corrected chi connectivity index (χ2v) is 6.82. The lowest BCUT2D eigenvalue weighted by Gasteiger charge is -2.06. The second kappa shape index (κ2) is 8.10. The number of anilines is 1. The van der Waals surface area contributed by atoms with Gasteiger partial charge in [0.1, 0.15) is 0 Å². The molecule has 7 heteroatoms. The SMILES string of the molecule is O=C(Nc1ccn(Cc2cccc(Cl)c2)n1)c1cccc(Cn2cccn2)c1. The van der Waals surface area contributed by atoms with E-state index in [9.17, 15) is 4.79 Å². The van der Waals surface area contributed by atoms with E-state index in [1.165, 1.54) is 0 Å². The fraction of sp³-hybridized carbons (Fsp3) is 0.0952. The Kier molecular flexibility index (Phi) is 5.21. The quantitative estimate of drug-likeness (QED) is 0.538. The van der Waals surface area contributed by atoms with Crippen LogP contribution in [0.4, 0.5) is 5.82 Å². The first kappa shape index (κ1) is 18.0. The van der Waals surface area contributed by atoms with Crippen LogP contribution in [0.2, 0.25) is 5.02 Å². The van der Waals surface area contributed by atoms with Gasteiger partial charge in [-0.3, -0.25) is 14.2 Å². The molecular formula is C21H18ClN5O. The third-order valence-electron chi connectivity index (χ3n) is 4.21. The highest BCUT2D eigenvalue weighted by molar-refractivity contribution is 6.30. The number of hydrogen-bond acceptors (Lipinski definition) is 3. The Morgan fingerprint density at radius 3 is 2.50 bits per heavy atom. The van der Waals surface area contributed by atoms with E-state index in [1.807, 2.05) is 65.6 Å². The molecule has 2 aromatic heterocycles. The molecule has 4 rings (SSSR count). The van der Waals surface area contributed by atoms with Crippen LogP contribution in [0.1, 0.15) is 21.5 Å². The van der Waals surface area contributed by atoms with Gasteiger partial charge in [-0.05, 0) is 41.5 Å². The van der Waals surface area contributed by atoms with E-state index in [0.29, 0.717) is 29.5 Å². The molecule has 2 heterocycles. The largest absolute Gasteiger partial charge is 0.305 e. The summed E-state index contributed by atoms with van der Waals surface area (Å²) in [7, 11) is 0. The number of hydrogen-bond donors (Lipinski definition) is 1. The topological polar surface area (TPSA) is 64.7 Å². The fourth-order valence-corrected chi connectivity index (χ4v) is 3.13. The van der Waals surface area contributed by atoms with Gasteiger partial charge in [-0.1, -0.05) is 35.9 Å². The predicted octanol–water partition coefficient (Wildman–Crippen LogP) is 4.08. The maximum absolute atomic E-state index is 12.6. The number of aromatic nitrogens is 4. The molecule has 0 atom stereocenters. The van der Waals surface area contributed by atoms with E-state index in [0.717, 1.165) is 11.1 Å². The third kappa shape index (κ3) is 4.47. The second-order valence-electron chi connectivity index (χ2n) is 6.39. The predicted molar refractivity (Wildman–Crippen MR) is 109 cm³/mol. The molecule has 0 spiro atoms. The van der Waals surface area contributed by atoms with Gasteiger partial charge in [0.15, 0.2) is 5.82 Å². The minimum atomic E-state index is -0.199. The Bertz CT molecular complexity index is 1090. The summed E-state index contributed by atoms with van der Waals surface area (Å²) in [6.45, 7) is 1.19. The van der Waals surface area contributed by atoms with Crippen LogP contribution in [-0.2, 0) is 13.1 Å². The molecule has 0 saturated heterocycles. The Labute approximate surface area is 167 Å². The van der Waals surface area contributed by atoms with E-state index in [4.69, 9.17) is 11.6 Å². The zero-order valence-electron chi connectivity index (χ0n) is 15.0. The summed E-state index contributed by atoms with van der Waals surface area (Å²) in [6.07, 6.45) is 5.44. The van der Waals surface area contributed by atoms with Crippen molar-refractivity contribution in [3.05, 3.63) is 101 Å². The molecule has 0 radical (unpaired) electrons. The molecule has 0 saturated carbocycles. The van der Waals surface area contributed by atoms with Crippen molar-refractivity contribution < 1.29 is 4.79 Å². The number of carbonyl (C=O) groups excluding carboxylic acids is 1. The molecule has 0 fully saturated rings. The number of nitrogens with zero attached hydrogens (tertiary/aromatic N) is 4. The average molecular weight is 392 g/mol. The van der Waals surface area contributed by atoms with E-state index < -0.39 is 0 Å². The van der Waals surface area contributed by atoms with Crippen molar-refractivity contribution >= 4 is 23.3 Å². The molecule has 1 N–H and O–H groups in total. The van der Waals surface area contributed by atoms with Crippen molar-refractivity contribution in [2.45, 2.75) is 13.1 Å². The lowest BCUT2D eigenvalue weighted by Crippen LogP contribution is -2.13. The lowest BCUT2D eigenvalue weighted by molar-refractivity contribution is 0.102. The smallest absolute Gasteiger partial charge is 0.256 e. The number of halogens is 1. The number of nitrogens with one attached hydrogen (secondary N) is 1. The average Bonchev–Trinajstić information content (AvgIpc) is 3.34. The molecule has 1 amide bonds. The first-order valence-corrected chi connectivity index (χ1v) is 9.19. The fourth-order valence-electron chi connectivity index (χ4n) is 2.92. The Balaban J connectivity index is 1.42. The van der Waals surface area contributed by atoms with Crippen molar-refractivity contribution in [2.24, 2.45) is 0 Å². The maximum atomic E-state index is 12.6. The summed E-state index contributed by atoms with van der Waals surface area (Å²) in [5, 5.41) is 12.1. The van der Waals surface area contributed by atoms with Crippen LogP contribution in [0, 0.1) is 0 Å². The first-order chi connectivity index (χ1) is 13.7. The number of carbonyl (C=O) groups is 1. The minimum Gasteiger partial charge on any atom is -0.305 e. The van der Waals surface area contributed by atoms with Crippen LogP contribution in [0.25, 0.3) is 0 Å². The molecule has 0 aliphatic heterocycles. The van der Waals surface area contributed by atoms with Crippen LogP contribution in [-0.4, -0.2) is 25.5 Å². The molecule has 6 nitrogen and oxygen atoms in total. The monoisotopic (exact) mass is 391 g/mol. The highest BCUT2D eigenvalue weighted by atomic mass is 35.5. The van der Waals surface area contributed by atoms with Gasteiger partial charge >= 0.3 is 0 Å². The third-order valence-corrected chi connectivity index (χ3v) is 4.44. The molecule has 0 aliphatic carbocycles.